The van der Waals surface area contributed by atoms with Crippen LogP contribution in [0.15, 0.2) is 109 Å². The highest BCUT2D eigenvalue weighted by Gasteiger charge is 2.44. The van der Waals surface area contributed by atoms with Gasteiger partial charge in [0, 0.05) is 66.8 Å². The molecule has 446 valence electrons. The second-order valence-corrected chi connectivity index (χ2v) is 50.2. The molecule has 0 radical (unpaired) electrons. The molecule has 0 nitrogen and oxygen atoms in total. The maximum absolute atomic E-state index is 3.89. The monoisotopic (exact) mass is 1200 g/mol. The summed E-state index contributed by atoms with van der Waals surface area (Å²) in [5.41, 5.74) is 33.1. The van der Waals surface area contributed by atoms with E-state index in [0.29, 0.717) is 66.5 Å². The van der Waals surface area contributed by atoms with Gasteiger partial charge in [-0.1, -0.05) is 237 Å². The van der Waals surface area contributed by atoms with E-state index in [1.54, 1.807) is 0 Å². The average Bonchev–Trinajstić information content (AvgIpc) is 2.86. The first-order chi connectivity index (χ1) is 40.5. The Hall–Kier alpha value is -6.55. The van der Waals surface area contributed by atoms with Crippen LogP contribution in [0.25, 0.3) is 0 Å². The van der Waals surface area contributed by atoms with Crippen LogP contribution in [0.4, 0.5) is 0 Å². The van der Waals surface area contributed by atoms with Crippen LogP contribution >= 0.6 is 0 Å². The van der Waals surface area contributed by atoms with Crippen LogP contribution in [-0.2, 0) is 0 Å². The van der Waals surface area contributed by atoms with Crippen LogP contribution in [0.2, 0.25) is 66.5 Å². The highest BCUT2D eigenvalue weighted by Crippen LogP contribution is 2.44. The summed E-state index contributed by atoms with van der Waals surface area (Å²) in [6.07, 6.45) is 0. The molecule has 0 aliphatic rings. The molecule has 0 aliphatic heterocycles. The van der Waals surface area contributed by atoms with Crippen molar-refractivity contribution in [1.29, 1.82) is 0 Å². The summed E-state index contributed by atoms with van der Waals surface area (Å²) in [6.45, 7) is 56.6. The van der Waals surface area contributed by atoms with Gasteiger partial charge in [0.15, 0.2) is 0 Å². The van der Waals surface area contributed by atoms with Crippen molar-refractivity contribution in [2.24, 2.45) is 0 Å². The fourth-order valence-electron chi connectivity index (χ4n) is 14.6. The Balaban J connectivity index is 1.72. The van der Waals surface area contributed by atoms with E-state index in [0.717, 1.165) is 66.8 Å². The van der Waals surface area contributed by atoms with Gasteiger partial charge in [0.1, 0.15) is 32.3 Å². The van der Waals surface area contributed by atoms with Crippen molar-refractivity contribution >= 4 is 32.3 Å². The van der Waals surface area contributed by atoms with Gasteiger partial charge in [-0.2, -0.15) is 0 Å². The molecule has 0 bridgehead atoms. The average molecular weight is 1200 g/mol. The summed E-state index contributed by atoms with van der Waals surface area (Å²) < 4.78 is 0. The first kappa shape index (κ1) is 70.2. The molecule has 0 saturated heterocycles. The largest absolute Gasteiger partial charge is 0.146 e. The van der Waals surface area contributed by atoms with Crippen molar-refractivity contribution in [2.75, 3.05) is 0 Å². The Bertz CT molecular complexity index is 3070. The molecule has 0 saturated carbocycles. The molecule has 0 unspecified atom stereocenters. The molecular formula is C82H102Si4. The summed E-state index contributed by atoms with van der Waals surface area (Å²) in [7, 11) is -7.56. The van der Waals surface area contributed by atoms with E-state index in [1.807, 2.05) is 0 Å². The minimum atomic E-state index is -1.89. The fourth-order valence-corrected chi connectivity index (χ4v) is 35.5. The van der Waals surface area contributed by atoms with Gasteiger partial charge < -0.3 is 0 Å². The van der Waals surface area contributed by atoms with E-state index < -0.39 is 32.3 Å². The van der Waals surface area contributed by atoms with Crippen molar-refractivity contribution in [3.63, 3.8) is 0 Å². The van der Waals surface area contributed by atoms with Crippen LogP contribution in [0.1, 0.15) is 233 Å². The first-order valence-electron chi connectivity index (χ1n) is 32.3. The predicted molar refractivity (Wildman–Crippen MR) is 388 cm³/mol. The van der Waals surface area contributed by atoms with Crippen molar-refractivity contribution < 1.29 is 0 Å². The van der Waals surface area contributed by atoms with E-state index in [2.05, 4.69) is 369 Å². The van der Waals surface area contributed by atoms with E-state index in [9.17, 15) is 0 Å². The fraction of sp³-hybridized carbons (Fsp3) is 0.439. The second kappa shape index (κ2) is 30.9. The molecule has 5 rings (SSSR count). The van der Waals surface area contributed by atoms with E-state index in [4.69, 9.17) is 0 Å². The molecule has 0 heterocycles. The van der Waals surface area contributed by atoms with E-state index >= 15 is 0 Å². The van der Waals surface area contributed by atoms with Crippen LogP contribution in [0.5, 0.6) is 0 Å². The van der Waals surface area contributed by atoms with Gasteiger partial charge in [-0.25, -0.2) is 0 Å². The summed E-state index contributed by atoms with van der Waals surface area (Å²) in [5.74, 6) is 42.8. The molecule has 5 aromatic carbocycles. The lowest BCUT2D eigenvalue weighted by Gasteiger charge is -2.38. The van der Waals surface area contributed by atoms with Crippen molar-refractivity contribution in [1.82, 2.24) is 0 Å². The van der Waals surface area contributed by atoms with E-state index in [1.165, 1.54) is 0 Å². The second-order valence-electron chi connectivity index (χ2n) is 27.8. The minimum absolute atomic E-state index is 0.564. The summed E-state index contributed by atoms with van der Waals surface area (Å²) >= 11 is 0. The normalized spacial score (nSPS) is 11.8. The quantitative estimate of drug-likeness (QED) is 0.0863. The Labute approximate surface area is 530 Å². The number of rotatable bonds is 12. The molecule has 5 aromatic rings. The van der Waals surface area contributed by atoms with Gasteiger partial charge in [-0.05, 0) is 176 Å². The van der Waals surface area contributed by atoms with Gasteiger partial charge in [-0.15, -0.1) is 22.2 Å². The Morgan fingerprint density at radius 3 is 0.407 bits per heavy atom. The number of hydrogen-bond donors (Lipinski definition) is 0. The first-order valence-corrected chi connectivity index (χ1v) is 41.2. The molecule has 0 amide bonds. The zero-order valence-corrected chi connectivity index (χ0v) is 61.3. The van der Waals surface area contributed by atoms with Crippen LogP contribution < -0.4 is 0 Å². The van der Waals surface area contributed by atoms with Gasteiger partial charge in [0.25, 0.3) is 0 Å². The van der Waals surface area contributed by atoms with Crippen molar-refractivity contribution in [3.05, 3.63) is 176 Å². The van der Waals surface area contributed by atoms with Crippen molar-refractivity contribution in [3.8, 4) is 93.2 Å². The highest BCUT2D eigenvalue weighted by molar-refractivity contribution is 6.92. The highest BCUT2D eigenvalue weighted by atomic mass is 28.3. The third kappa shape index (κ3) is 16.5. The molecule has 0 aliphatic carbocycles. The molecule has 0 spiro atoms. The topological polar surface area (TPSA) is 0 Å². The smallest absolute Gasteiger partial charge is 0.125 e. The zero-order valence-electron chi connectivity index (χ0n) is 57.3. The lowest BCUT2D eigenvalue weighted by atomic mass is 9.97. The Morgan fingerprint density at radius 1 is 0.174 bits per heavy atom. The van der Waals surface area contributed by atoms with Gasteiger partial charge >= 0.3 is 0 Å². The maximum atomic E-state index is 3.89. The lowest BCUT2D eigenvalue weighted by Crippen LogP contribution is -2.43. The van der Waals surface area contributed by atoms with Crippen LogP contribution in [-0.4, -0.2) is 32.3 Å². The summed E-state index contributed by atoms with van der Waals surface area (Å²) in [4.78, 5) is 0. The maximum Gasteiger partial charge on any atom is 0.146 e. The van der Waals surface area contributed by atoms with Gasteiger partial charge in [-0.3, -0.25) is 0 Å². The van der Waals surface area contributed by atoms with Crippen molar-refractivity contribution in [2.45, 2.75) is 233 Å². The Morgan fingerprint density at radius 2 is 0.291 bits per heavy atom. The van der Waals surface area contributed by atoms with Crippen LogP contribution in [0, 0.1) is 93.2 Å². The molecule has 0 aromatic heterocycles. The van der Waals surface area contributed by atoms with Gasteiger partial charge in [0.2, 0.25) is 0 Å². The summed E-state index contributed by atoms with van der Waals surface area (Å²) in [6, 6.07) is 37.8. The SMILES string of the molecule is CC(C)[Si](C#Cc1ccc(C#Cc2cc(C#Cc3ccc(C#C[Si](C(C)C)(C(C)C)C(C)C)cc3)c(C#Cc3ccc(C#C[Si](C(C)C)(C(C)C)C(C)C)cc3)cc2C#Cc2ccc(C#C[Si](C(C)C)(C(C)C)C(C)C)cc2)cc1)(C(C)C)C(C)C. The minimum Gasteiger partial charge on any atom is -0.125 e. The Kier molecular flexibility index (Phi) is 25.2. The molecule has 4 heteroatoms. The summed E-state index contributed by atoms with van der Waals surface area (Å²) in [5, 5.41) is 0. The van der Waals surface area contributed by atoms with Crippen LogP contribution in [0.3, 0.4) is 0 Å². The standard InChI is InChI=1S/C82H102Si4/c1-59(2)83(60(3)4,61(5)6)53-49-75-33-25-71(26-34-75)41-45-79-57-81(47-43-73-29-37-77(38-30-73)51-55-85(65(13)14,66(15)16)67(17)18)82(48-44-74-31-39-78(40-32-74)52-56-86(68(19)20,69(21)22)70(23)24)58-80(79)46-42-72-27-35-76(36-28-72)50-54-84(62(7)8,63(9)10)64(11)12/h25-40,57-70H,1-24H3. The predicted octanol–water partition coefficient (Wildman–Crippen LogP) is 21.6. The zero-order chi connectivity index (χ0) is 63.9. The van der Waals surface area contributed by atoms with E-state index in [-0.39, 0.29) is 0 Å². The van der Waals surface area contributed by atoms with Gasteiger partial charge in [0.05, 0.1) is 0 Å². The number of benzene rings is 5. The molecule has 0 fully saturated rings. The molecule has 0 atom stereocenters. The molecular weight excluding hydrogens is 1100 g/mol. The third-order valence-corrected chi connectivity index (χ3v) is 44.4. The molecule has 86 heavy (non-hydrogen) atoms. The third-order valence-electron chi connectivity index (χ3n) is 19.2. The number of hydrogen-bond acceptors (Lipinski definition) is 0. The lowest BCUT2D eigenvalue weighted by molar-refractivity contribution is 0.838. The molecule has 0 N–H and O–H groups in total.